The highest BCUT2D eigenvalue weighted by atomic mass is 16.5. The molecule has 2 aromatic carbocycles. The zero-order chi connectivity index (χ0) is 17.9. The van der Waals surface area contributed by atoms with Crippen LogP contribution >= 0.6 is 0 Å². The number of amides is 1. The van der Waals surface area contributed by atoms with E-state index in [-0.39, 0.29) is 13.0 Å². The summed E-state index contributed by atoms with van der Waals surface area (Å²) in [5.74, 6) is 0.408. The molecule has 0 bridgehead atoms. The van der Waals surface area contributed by atoms with Crippen LogP contribution in [0.2, 0.25) is 0 Å². The Labute approximate surface area is 146 Å². The van der Waals surface area contributed by atoms with E-state index in [0.717, 1.165) is 5.75 Å². The van der Waals surface area contributed by atoms with Crippen molar-refractivity contribution in [2.75, 3.05) is 25.1 Å². The van der Waals surface area contributed by atoms with Gasteiger partial charge in [-0.25, -0.2) is 0 Å². The van der Waals surface area contributed by atoms with Crippen molar-refractivity contribution in [3.63, 3.8) is 0 Å². The molecule has 0 aliphatic heterocycles. The number of carbonyl (C=O) groups is 2. The number of nitrogens with one attached hydrogen (secondary N) is 1. The maximum Gasteiger partial charge on any atom is 0.315 e. The third kappa shape index (κ3) is 6.95. The molecule has 0 heterocycles. The molecule has 2 rings (SSSR count). The van der Waals surface area contributed by atoms with Crippen LogP contribution in [-0.4, -0.2) is 31.7 Å². The van der Waals surface area contributed by atoms with Crippen molar-refractivity contribution >= 4 is 17.6 Å². The third-order valence-electron chi connectivity index (χ3n) is 3.09. The first-order valence-electron chi connectivity index (χ1n) is 8.03. The zero-order valence-corrected chi connectivity index (χ0v) is 14.1. The number of anilines is 1. The maximum absolute atomic E-state index is 11.8. The van der Waals surface area contributed by atoms with Crippen LogP contribution < -0.4 is 14.8 Å². The lowest BCUT2D eigenvalue weighted by Crippen LogP contribution is -2.18. The molecule has 1 amide bonds. The molecule has 0 aromatic heterocycles. The van der Waals surface area contributed by atoms with Gasteiger partial charge in [-0.3, -0.25) is 9.59 Å². The van der Waals surface area contributed by atoms with Gasteiger partial charge in [-0.05, 0) is 31.2 Å². The van der Waals surface area contributed by atoms with Crippen LogP contribution in [0.3, 0.4) is 0 Å². The van der Waals surface area contributed by atoms with E-state index in [1.807, 2.05) is 30.3 Å². The maximum atomic E-state index is 11.8. The van der Waals surface area contributed by atoms with Crippen molar-refractivity contribution in [2.45, 2.75) is 13.3 Å². The number of para-hydroxylation sites is 1. The Morgan fingerprint density at radius 3 is 2.32 bits per heavy atom. The number of benzene rings is 2. The molecule has 6 nitrogen and oxygen atoms in total. The fourth-order valence-corrected chi connectivity index (χ4v) is 2.05. The second kappa shape index (κ2) is 9.97. The van der Waals surface area contributed by atoms with Gasteiger partial charge in [0.2, 0.25) is 5.91 Å². The number of esters is 1. The van der Waals surface area contributed by atoms with Gasteiger partial charge in [0.1, 0.15) is 31.1 Å². The third-order valence-corrected chi connectivity index (χ3v) is 3.09. The van der Waals surface area contributed by atoms with Crippen LogP contribution in [-0.2, 0) is 14.3 Å². The molecule has 0 saturated carbocycles. The molecule has 1 N–H and O–H groups in total. The summed E-state index contributed by atoms with van der Waals surface area (Å²) in [5.41, 5.74) is 0.552. The molecule has 25 heavy (non-hydrogen) atoms. The van der Waals surface area contributed by atoms with Gasteiger partial charge in [0.25, 0.3) is 0 Å². The predicted octanol–water partition coefficient (Wildman–Crippen LogP) is 3.04. The number of ether oxygens (including phenoxy) is 3. The Balaban J connectivity index is 1.76. The van der Waals surface area contributed by atoms with Gasteiger partial charge in [-0.15, -0.1) is 0 Å². The summed E-state index contributed by atoms with van der Waals surface area (Å²) in [5, 5.41) is 2.64. The Bertz CT molecular complexity index is 687. The number of hydrogen-bond donors (Lipinski definition) is 1. The van der Waals surface area contributed by atoms with E-state index in [1.54, 1.807) is 31.2 Å². The predicted molar refractivity (Wildman–Crippen MR) is 93.8 cm³/mol. The summed E-state index contributed by atoms with van der Waals surface area (Å²) in [6.07, 6.45) is -0.316. The van der Waals surface area contributed by atoms with Crippen LogP contribution in [0.5, 0.6) is 11.5 Å². The van der Waals surface area contributed by atoms with Crippen molar-refractivity contribution in [1.82, 2.24) is 0 Å². The second-order valence-corrected chi connectivity index (χ2v) is 5.07. The monoisotopic (exact) mass is 343 g/mol. The standard InChI is InChI=1S/C19H21NO5/c1-2-23-19(22)14-18(21)20-15-7-6-10-17(13-15)25-12-11-24-16-8-4-3-5-9-16/h3-10,13H,2,11-12,14H2,1H3,(H,20,21). The zero-order valence-electron chi connectivity index (χ0n) is 14.1. The molecule has 0 radical (unpaired) electrons. The highest BCUT2D eigenvalue weighted by Gasteiger charge is 2.10. The molecule has 0 unspecified atom stereocenters. The molecule has 0 aliphatic rings. The molecule has 2 aromatic rings. The quantitative estimate of drug-likeness (QED) is 0.430. The molecule has 0 atom stereocenters. The van der Waals surface area contributed by atoms with E-state index < -0.39 is 11.9 Å². The highest BCUT2D eigenvalue weighted by molar-refractivity contribution is 6.01. The van der Waals surface area contributed by atoms with Crippen LogP contribution in [0.1, 0.15) is 13.3 Å². The van der Waals surface area contributed by atoms with Crippen LogP contribution in [0.15, 0.2) is 54.6 Å². The molecule has 0 spiro atoms. The minimum Gasteiger partial charge on any atom is -0.490 e. The minimum atomic E-state index is -0.550. The molecule has 6 heteroatoms. The number of carbonyl (C=O) groups excluding carboxylic acids is 2. The lowest BCUT2D eigenvalue weighted by Gasteiger charge is -2.10. The summed E-state index contributed by atoms with van der Waals surface area (Å²) >= 11 is 0. The summed E-state index contributed by atoms with van der Waals surface area (Å²) in [7, 11) is 0. The van der Waals surface area contributed by atoms with E-state index in [4.69, 9.17) is 14.2 Å². The van der Waals surface area contributed by atoms with Crippen LogP contribution in [0, 0.1) is 0 Å². The molecule has 0 saturated heterocycles. The van der Waals surface area contributed by atoms with Gasteiger partial charge in [0, 0.05) is 11.8 Å². The van der Waals surface area contributed by atoms with Crippen LogP contribution in [0.25, 0.3) is 0 Å². The van der Waals surface area contributed by atoms with Crippen molar-refractivity contribution in [1.29, 1.82) is 0 Å². The SMILES string of the molecule is CCOC(=O)CC(=O)Nc1cccc(OCCOc2ccccc2)c1. The second-order valence-electron chi connectivity index (χ2n) is 5.07. The topological polar surface area (TPSA) is 73.9 Å². The largest absolute Gasteiger partial charge is 0.490 e. The normalized spacial score (nSPS) is 9.96. The lowest BCUT2D eigenvalue weighted by atomic mass is 10.3. The number of hydrogen-bond acceptors (Lipinski definition) is 5. The molecular weight excluding hydrogens is 322 g/mol. The summed E-state index contributed by atoms with van der Waals surface area (Å²) in [6, 6.07) is 16.4. The average molecular weight is 343 g/mol. The highest BCUT2D eigenvalue weighted by Crippen LogP contribution is 2.17. The first kappa shape index (κ1) is 18.3. The van der Waals surface area contributed by atoms with Gasteiger partial charge >= 0.3 is 5.97 Å². The molecule has 0 aliphatic carbocycles. The van der Waals surface area contributed by atoms with Gasteiger partial charge in [-0.2, -0.15) is 0 Å². The minimum absolute atomic E-state index is 0.250. The number of rotatable bonds is 9. The van der Waals surface area contributed by atoms with Gasteiger partial charge in [-0.1, -0.05) is 24.3 Å². The van der Waals surface area contributed by atoms with E-state index in [0.29, 0.717) is 24.7 Å². The van der Waals surface area contributed by atoms with Crippen molar-refractivity contribution in [3.05, 3.63) is 54.6 Å². The fraction of sp³-hybridized carbons (Fsp3) is 0.263. The van der Waals surface area contributed by atoms with E-state index >= 15 is 0 Å². The van der Waals surface area contributed by atoms with E-state index in [2.05, 4.69) is 5.32 Å². The first-order chi connectivity index (χ1) is 12.2. The van der Waals surface area contributed by atoms with Gasteiger partial charge in [0.05, 0.1) is 6.61 Å². The van der Waals surface area contributed by atoms with E-state index in [9.17, 15) is 9.59 Å². The van der Waals surface area contributed by atoms with Crippen molar-refractivity contribution < 1.29 is 23.8 Å². The Morgan fingerprint density at radius 2 is 1.60 bits per heavy atom. The summed E-state index contributed by atoms with van der Waals surface area (Å²) in [6.45, 7) is 2.72. The molecule has 0 fully saturated rings. The Morgan fingerprint density at radius 1 is 0.920 bits per heavy atom. The van der Waals surface area contributed by atoms with Gasteiger partial charge in [0.15, 0.2) is 0 Å². The smallest absolute Gasteiger partial charge is 0.315 e. The Kier molecular flexibility index (Phi) is 7.31. The van der Waals surface area contributed by atoms with Crippen molar-refractivity contribution in [2.24, 2.45) is 0 Å². The first-order valence-corrected chi connectivity index (χ1v) is 8.03. The van der Waals surface area contributed by atoms with Gasteiger partial charge < -0.3 is 19.5 Å². The molecule has 132 valence electrons. The average Bonchev–Trinajstić information content (AvgIpc) is 2.60. The fourth-order valence-electron chi connectivity index (χ4n) is 2.05. The lowest BCUT2D eigenvalue weighted by molar-refractivity contribution is -0.145. The summed E-state index contributed by atoms with van der Waals surface area (Å²) < 4.78 is 15.9. The Hall–Kier alpha value is -3.02. The molecular formula is C19H21NO5. The van der Waals surface area contributed by atoms with Crippen LogP contribution in [0.4, 0.5) is 5.69 Å². The summed E-state index contributed by atoms with van der Waals surface area (Å²) in [4.78, 5) is 23.0. The van der Waals surface area contributed by atoms with E-state index in [1.165, 1.54) is 0 Å². The van der Waals surface area contributed by atoms with Crippen molar-refractivity contribution in [3.8, 4) is 11.5 Å².